The van der Waals surface area contributed by atoms with E-state index >= 15 is 0 Å². The predicted octanol–water partition coefficient (Wildman–Crippen LogP) is 7.54. The number of aliphatic hydroxyl groups excluding tert-OH is 1. The van der Waals surface area contributed by atoms with Crippen molar-refractivity contribution in [1.82, 2.24) is 0 Å². The van der Waals surface area contributed by atoms with Gasteiger partial charge < -0.3 is 5.11 Å². The topological polar surface area (TPSA) is 37.3 Å². The SMILES string of the molecule is CC1=C(CCCCCCCCCCCCCCCCO)C(C)(C)CCC1=O. The van der Waals surface area contributed by atoms with E-state index in [9.17, 15) is 4.79 Å². The summed E-state index contributed by atoms with van der Waals surface area (Å²) in [6, 6.07) is 0. The van der Waals surface area contributed by atoms with Crippen LogP contribution in [0.2, 0.25) is 0 Å². The maximum Gasteiger partial charge on any atom is 0.158 e. The van der Waals surface area contributed by atoms with Crippen LogP contribution in [-0.4, -0.2) is 17.5 Å². The van der Waals surface area contributed by atoms with E-state index in [1.807, 2.05) is 6.92 Å². The molecule has 0 radical (unpaired) electrons. The van der Waals surface area contributed by atoms with Crippen LogP contribution in [0.25, 0.3) is 0 Å². The largest absolute Gasteiger partial charge is 0.396 e. The Bertz CT molecular complexity index is 434. The van der Waals surface area contributed by atoms with Gasteiger partial charge in [0.05, 0.1) is 0 Å². The molecule has 1 N–H and O–H groups in total. The quantitative estimate of drug-likeness (QED) is 0.282. The van der Waals surface area contributed by atoms with Gasteiger partial charge >= 0.3 is 0 Å². The van der Waals surface area contributed by atoms with Crippen molar-refractivity contribution in [2.45, 2.75) is 130 Å². The Hall–Kier alpha value is -0.630. The van der Waals surface area contributed by atoms with Crippen molar-refractivity contribution in [2.75, 3.05) is 6.61 Å². The maximum absolute atomic E-state index is 12.0. The van der Waals surface area contributed by atoms with Gasteiger partial charge in [0.2, 0.25) is 0 Å². The first-order valence-corrected chi connectivity index (χ1v) is 11.8. The van der Waals surface area contributed by atoms with Crippen LogP contribution in [-0.2, 0) is 4.79 Å². The summed E-state index contributed by atoms with van der Waals surface area (Å²) in [7, 11) is 0. The van der Waals surface area contributed by atoms with E-state index in [2.05, 4.69) is 13.8 Å². The zero-order valence-corrected chi connectivity index (χ0v) is 18.6. The first kappa shape index (κ1) is 24.4. The minimum absolute atomic E-state index is 0.233. The van der Waals surface area contributed by atoms with E-state index < -0.39 is 0 Å². The van der Waals surface area contributed by atoms with Crippen LogP contribution in [0.5, 0.6) is 0 Å². The van der Waals surface area contributed by atoms with E-state index in [4.69, 9.17) is 5.11 Å². The van der Waals surface area contributed by atoms with Crippen molar-refractivity contribution in [1.29, 1.82) is 0 Å². The highest BCUT2D eigenvalue weighted by atomic mass is 16.2. The molecule has 1 rings (SSSR count). The Kier molecular flexibility index (Phi) is 13.0. The number of allylic oxidation sites excluding steroid dienone is 2. The summed E-state index contributed by atoms with van der Waals surface area (Å²) in [5, 5.41) is 8.74. The highest BCUT2D eigenvalue weighted by Crippen LogP contribution is 2.41. The lowest BCUT2D eigenvalue weighted by molar-refractivity contribution is -0.116. The zero-order chi connectivity index (χ0) is 20.0. The Morgan fingerprint density at radius 1 is 0.741 bits per heavy atom. The molecule has 1 aliphatic rings. The second-order valence-corrected chi connectivity index (χ2v) is 9.33. The van der Waals surface area contributed by atoms with Crippen LogP contribution in [0.4, 0.5) is 0 Å². The summed E-state index contributed by atoms with van der Waals surface area (Å²) >= 11 is 0. The van der Waals surface area contributed by atoms with Crippen molar-refractivity contribution in [3.63, 3.8) is 0 Å². The van der Waals surface area contributed by atoms with E-state index in [0.29, 0.717) is 12.4 Å². The molecular formula is C25H46O2. The Labute approximate surface area is 169 Å². The number of aliphatic hydroxyl groups is 1. The fourth-order valence-electron chi connectivity index (χ4n) is 4.50. The number of Topliss-reactive ketones (excluding diaryl/α,β-unsaturated/α-hetero) is 1. The molecule has 0 saturated heterocycles. The van der Waals surface area contributed by atoms with Crippen LogP contribution in [0, 0.1) is 5.41 Å². The predicted molar refractivity (Wildman–Crippen MR) is 117 cm³/mol. The van der Waals surface area contributed by atoms with Gasteiger partial charge in [-0.05, 0) is 43.6 Å². The molecule has 2 heteroatoms. The van der Waals surface area contributed by atoms with Gasteiger partial charge in [0.25, 0.3) is 0 Å². The average molecular weight is 379 g/mol. The summed E-state index contributed by atoms with van der Waals surface area (Å²) in [5.74, 6) is 0.384. The molecule has 0 aromatic rings. The van der Waals surface area contributed by atoms with Crippen LogP contribution in [0.3, 0.4) is 0 Å². The molecule has 0 saturated carbocycles. The third-order valence-corrected chi connectivity index (χ3v) is 6.50. The van der Waals surface area contributed by atoms with Gasteiger partial charge in [-0.3, -0.25) is 4.79 Å². The molecule has 0 atom stereocenters. The molecule has 0 bridgehead atoms. The molecule has 27 heavy (non-hydrogen) atoms. The Morgan fingerprint density at radius 2 is 1.15 bits per heavy atom. The molecule has 158 valence electrons. The molecule has 0 heterocycles. The molecule has 0 amide bonds. The fraction of sp³-hybridized carbons (Fsp3) is 0.880. The number of carbonyl (C=O) groups excluding carboxylic acids is 1. The van der Waals surface area contributed by atoms with Crippen molar-refractivity contribution >= 4 is 5.78 Å². The van der Waals surface area contributed by atoms with Crippen LogP contribution >= 0.6 is 0 Å². The summed E-state index contributed by atoms with van der Waals surface area (Å²) < 4.78 is 0. The fourth-order valence-corrected chi connectivity index (χ4v) is 4.50. The number of ketones is 1. The van der Waals surface area contributed by atoms with E-state index in [0.717, 1.165) is 31.3 Å². The van der Waals surface area contributed by atoms with Crippen LogP contribution < -0.4 is 0 Å². The first-order valence-electron chi connectivity index (χ1n) is 11.8. The third-order valence-electron chi connectivity index (χ3n) is 6.50. The Morgan fingerprint density at radius 3 is 1.59 bits per heavy atom. The van der Waals surface area contributed by atoms with Crippen molar-refractivity contribution in [3.8, 4) is 0 Å². The number of carbonyl (C=O) groups is 1. The monoisotopic (exact) mass is 378 g/mol. The molecular weight excluding hydrogens is 332 g/mol. The van der Waals surface area contributed by atoms with Gasteiger partial charge in [0.15, 0.2) is 5.78 Å². The normalized spacial score (nSPS) is 17.0. The third kappa shape index (κ3) is 10.5. The number of unbranched alkanes of at least 4 members (excludes halogenated alkanes) is 13. The smallest absolute Gasteiger partial charge is 0.158 e. The molecule has 0 unspecified atom stereocenters. The van der Waals surface area contributed by atoms with Gasteiger partial charge in [0.1, 0.15) is 0 Å². The molecule has 2 nitrogen and oxygen atoms in total. The van der Waals surface area contributed by atoms with Crippen molar-refractivity contribution in [2.24, 2.45) is 5.41 Å². The molecule has 0 aromatic heterocycles. The summed E-state index contributed by atoms with van der Waals surface area (Å²) in [6.07, 6.45) is 21.4. The number of hydrogen-bond donors (Lipinski definition) is 1. The highest BCUT2D eigenvalue weighted by molar-refractivity contribution is 5.96. The standard InChI is InChI=1S/C25H46O2/c1-22-23(25(2,3)20-19-24(22)27)18-16-14-12-10-8-6-4-5-7-9-11-13-15-17-21-26/h26H,4-21H2,1-3H3. The minimum Gasteiger partial charge on any atom is -0.396 e. The first-order chi connectivity index (χ1) is 13.0. The lowest BCUT2D eigenvalue weighted by atomic mass is 9.70. The minimum atomic E-state index is 0.233. The molecule has 0 spiro atoms. The van der Waals surface area contributed by atoms with E-state index in [1.165, 1.54) is 89.0 Å². The average Bonchev–Trinajstić information content (AvgIpc) is 2.64. The second kappa shape index (κ2) is 14.4. The zero-order valence-electron chi connectivity index (χ0n) is 18.6. The van der Waals surface area contributed by atoms with Gasteiger partial charge in [-0.1, -0.05) is 96.5 Å². The molecule has 1 aliphatic carbocycles. The molecule has 0 fully saturated rings. The van der Waals surface area contributed by atoms with Gasteiger partial charge in [-0.2, -0.15) is 0 Å². The van der Waals surface area contributed by atoms with Gasteiger partial charge in [-0.25, -0.2) is 0 Å². The second-order valence-electron chi connectivity index (χ2n) is 9.33. The molecule has 0 aromatic carbocycles. The van der Waals surface area contributed by atoms with Gasteiger partial charge in [0, 0.05) is 13.0 Å². The van der Waals surface area contributed by atoms with Gasteiger partial charge in [-0.15, -0.1) is 0 Å². The summed E-state index contributed by atoms with van der Waals surface area (Å²) in [5.41, 5.74) is 2.74. The van der Waals surface area contributed by atoms with Crippen LogP contribution in [0.15, 0.2) is 11.1 Å². The van der Waals surface area contributed by atoms with E-state index in [1.54, 1.807) is 0 Å². The lowest BCUT2D eigenvalue weighted by Gasteiger charge is -2.34. The van der Waals surface area contributed by atoms with Crippen LogP contribution in [0.1, 0.15) is 130 Å². The Balaban J connectivity index is 1.93. The summed E-state index contributed by atoms with van der Waals surface area (Å²) in [4.78, 5) is 12.0. The maximum atomic E-state index is 12.0. The summed E-state index contributed by atoms with van der Waals surface area (Å²) in [6.45, 7) is 7.03. The van der Waals surface area contributed by atoms with E-state index in [-0.39, 0.29) is 5.41 Å². The number of rotatable bonds is 16. The molecule has 0 aliphatic heterocycles. The highest BCUT2D eigenvalue weighted by Gasteiger charge is 2.31. The van der Waals surface area contributed by atoms with Crippen molar-refractivity contribution in [3.05, 3.63) is 11.1 Å². The lowest BCUT2D eigenvalue weighted by Crippen LogP contribution is -2.25. The van der Waals surface area contributed by atoms with Crippen molar-refractivity contribution < 1.29 is 9.90 Å². The number of hydrogen-bond acceptors (Lipinski definition) is 2.